The third-order valence-corrected chi connectivity index (χ3v) is 4.39. The van der Waals surface area contributed by atoms with E-state index < -0.39 is 18.2 Å². The van der Waals surface area contributed by atoms with Gasteiger partial charge in [0.05, 0.1) is 12.2 Å². The molecule has 4 atom stereocenters. The third-order valence-electron chi connectivity index (χ3n) is 4.39. The van der Waals surface area contributed by atoms with Crippen molar-refractivity contribution in [2.45, 2.75) is 64.1 Å². The predicted octanol–water partition coefficient (Wildman–Crippen LogP) is 3.03. The van der Waals surface area contributed by atoms with Gasteiger partial charge in [0, 0.05) is 24.7 Å². The molecule has 0 spiro atoms. The summed E-state index contributed by atoms with van der Waals surface area (Å²) in [6.07, 6.45) is 13.4. The molecular weight excluding hydrogens is 320 g/mol. The molecule has 0 aromatic carbocycles. The highest BCUT2D eigenvalue weighted by Gasteiger charge is 2.39. The van der Waals surface area contributed by atoms with Crippen LogP contribution in [0, 0.1) is 11.8 Å². The van der Waals surface area contributed by atoms with Crippen molar-refractivity contribution >= 4 is 11.8 Å². The number of aliphatic hydroxyl groups is 2. The van der Waals surface area contributed by atoms with E-state index >= 15 is 0 Å². The van der Waals surface area contributed by atoms with E-state index in [9.17, 15) is 19.8 Å². The lowest BCUT2D eigenvalue weighted by Gasteiger charge is -2.17. The molecule has 0 heterocycles. The maximum atomic E-state index is 12.1. The summed E-state index contributed by atoms with van der Waals surface area (Å²) in [5, 5.41) is 28.6. The number of unbranched alkanes of at least 4 members (excludes halogenated alkanes) is 1. The third kappa shape index (κ3) is 8.27. The van der Waals surface area contributed by atoms with Crippen LogP contribution < -0.4 is 0 Å². The minimum absolute atomic E-state index is 0.00401. The van der Waals surface area contributed by atoms with Crippen LogP contribution >= 0.6 is 0 Å². The molecule has 1 aliphatic carbocycles. The first kappa shape index (κ1) is 21.3. The van der Waals surface area contributed by atoms with Gasteiger partial charge in [-0.1, -0.05) is 43.4 Å². The number of ketones is 1. The van der Waals surface area contributed by atoms with Crippen molar-refractivity contribution in [3.8, 4) is 0 Å². The van der Waals surface area contributed by atoms with Crippen LogP contribution in [-0.4, -0.2) is 39.3 Å². The number of Topliss-reactive ketones (excluding diaryl/α,β-unsaturated/α-hetero) is 1. The Bertz CT molecular complexity index is 506. The van der Waals surface area contributed by atoms with Crippen LogP contribution in [-0.2, 0) is 9.59 Å². The lowest BCUT2D eigenvalue weighted by molar-refractivity contribution is -0.137. The molecule has 1 saturated carbocycles. The first-order valence-electron chi connectivity index (χ1n) is 9.04. The Balaban J connectivity index is 2.52. The number of hydrogen-bond donors (Lipinski definition) is 3. The summed E-state index contributed by atoms with van der Waals surface area (Å²) in [6, 6.07) is 0. The highest BCUT2D eigenvalue weighted by molar-refractivity contribution is 5.86. The zero-order valence-corrected chi connectivity index (χ0v) is 14.9. The van der Waals surface area contributed by atoms with Crippen LogP contribution in [0.5, 0.6) is 0 Å². The maximum absolute atomic E-state index is 12.1. The molecule has 3 N–H and O–H groups in total. The van der Waals surface area contributed by atoms with E-state index in [1.165, 1.54) is 0 Å². The number of rotatable bonds is 11. The van der Waals surface area contributed by atoms with Crippen LogP contribution in [0.3, 0.4) is 0 Å². The highest BCUT2D eigenvalue weighted by Crippen LogP contribution is 2.33. The van der Waals surface area contributed by atoms with Gasteiger partial charge in [0.2, 0.25) is 0 Å². The molecule has 0 aromatic heterocycles. The van der Waals surface area contributed by atoms with Gasteiger partial charge >= 0.3 is 5.97 Å². The van der Waals surface area contributed by atoms with Crippen LogP contribution in [0.1, 0.15) is 51.9 Å². The number of carbonyl (C=O) groups excluding carboxylic acids is 1. The van der Waals surface area contributed by atoms with Crippen LogP contribution in [0.25, 0.3) is 0 Å². The molecule has 0 amide bonds. The molecule has 0 radical (unpaired) electrons. The minimum Gasteiger partial charge on any atom is -0.481 e. The first-order chi connectivity index (χ1) is 12.0. The van der Waals surface area contributed by atoms with Crippen molar-refractivity contribution in [3.63, 3.8) is 0 Å². The van der Waals surface area contributed by atoms with Gasteiger partial charge in [0.15, 0.2) is 0 Å². The molecule has 5 nitrogen and oxygen atoms in total. The van der Waals surface area contributed by atoms with Gasteiger partial charge in [0.1, 0.15) is 5.78 Å². The van der Waals surface area contributed by atoms with E-state index in [-0.39, 0.29) is 30.5 Å². The molecule has 0 saturated heterocycles. The molecule has 1 fully saturated rings. The normalized spacial score (nSPS) is 25.6. The monoisotopic (exact) mass is 350 g/mol. The van der Waals surface area contributed by atoms with E-state index in [2.05, 4.69) is 0 Å². The first-order valence-corrected chi connectivity index (χ1v) is 9.04. The van der Waals surface area contributed by atoms with Gasteiger partial charge in [-0.25, -0.2) is 0 Å². The largest absolute Gasteiger partial charge is 0.481 e. The summed E-state index contributed by atoms with van der Waals surface area (Å²) >= 11 is 0. The van der Waals surface area contributed by atoms with E-state index in [1.54, 1.807) is 12.2 Å². The molecule has 5 heteroatoms. The molecule has 1 rings (SSSR count). The van der Waals surface area contributed by atoms with Gasteiger partial charge in [-0.2, -0.15) is 0 Å². The second-order valence-corrected chi connectivity index (χ2v) is 6.49. The van der Waals surface area contributed by atoms with Crippen molar-refractivity contribution in [3.05, 3.63) is 36.5 Å². The fourth-order valence-electron chi connectivity index (χ4n) is 3.00. The zero-order valence-electron chi connectivity index (χ0n) is 14.9. The quantitative estimate of drug-likeness (QED) is 0.393. The fourth-order valence-corrected chi connectivity index (χ4v) is 3.00. The highest BCUT2D eigenvalue weighted by atomic mass is 16.4. The minimum atomic E-state index is -0.803. The number of aliphatic hydroxyl groups excluding tert-OH is 2. The smallest absolute Gasteiger partial charge is 0.303 e. The molecule has 0 aromatic rings. The summed E-state index contributed by atoms with van der Waals surface area (Å²) in [4.78, 5) is 22.5. The molecule has 0 bridgehead atoms. The van der Waals surface area contributed by atoms with Crippen LogP contribution in [0.15, 0.2) is 36.5 Å². The second-order valence-electron chi connectivity index (χ2n) is 6.49. The Morgan fingerprint density at radius 3 is 2.72 bits per heavy atom. The standard InChI is InChI=1S/C20H30O5/c1-2-3-6-9-15(21)12-13-17-16(18(22)14-19(17)23)10-7-4-5-8-11-20(24)25/h3-4,6-7,12-13,15-18,21-22H,2,5,8-11,14H2,1H3,(H,24,25)/b6-3+,7-4+,13-12+. The second kappa shape index (κ2) is 11.8. The van der Waals surface area contributed by atoms with E-state index in [4.69, 9.17) is 5.11 Å². The van der Waals surface area contributed by atoms with E-state index in [1.807, 2.05) is 31.2 Å². The van der Waals surface area contributed by atoms with E-state index in [0.717, 1.165) is 6.42 Å². The Labute approximate surface area is 149 Å². The fraction of sp³-hybridized carbons (Fsp3) is 0.600. The average molecular weight is 350 g/mol. The Hall–Kier alpha value is -1.72. The summed E-state index contributed by atoms with van der Waals surface area (Å²) in [6.45, 7) is 2.02. The average Bonchev–Trinajstić information content (AvgIpc) is 2.82. The lowest BCUT2D eigenvalue weighted by Crippen LogP contribution is -2.19. The predicted molar refractivity (Wildman–Crippen MR) is 97.0 cm³/mol. The number of carboxylic acid groups (broad SMARTS) is 1. The topological polar surface area (TPSA) is 94.8 Å². The molecule has 0 aliphatic heterocycles. The Kier molecular flexibility index (Phi) is 10.0. The van der Waals surface area contributed by atoms with Gasteiger partial charge in [0.25, 0.3) is 0 Å². The zero-order chi connectivity index (χ0) is 18.7. The molecule has 140 valence electrons. The SMILES string of the molecule is CC/C=C/CC(O)/C=C/C1C(=O)CC(O)C1C/C=C/CCCC(=O)O. The summed E-state index contributed by atoms with van der Waals surface area (Å²) in [5.41, 5.74) is 0. The number of carboxylic acids is 1. The lowest BCUT2D eigenvalue weighted by atomic mass is 9.90. The summed E-state index contributed by atoms with van der Waals surface area (Å²) in [7, 11) is 0. The molecule has 1 aliphatic rings. The Morgan fingerprint density at radius 1 is 1.28 bits per heavy atom. The van der Waals surface area contributed by atoms with Crippen LogP contribution in [0.4, 0.5) is 0 Å². The molecule has 4 unspecified atom stereocenters. The summed E-state index contributed by atoms with van der Waals surface area (Å²) in [5.74, 6) is -1.35. The summed E-state index contributed by atoms with van der Waals surface area (Å²) < 4.78 is 0. The van der Waals surface area contributed by atoms with Gasteiger partial charge in [-0.15, -0.1) is 0 Å². The van der Waals surface area contributed by atoms with Crippen LogP contribution in [0.2, 0.25) is 0 Å². The van der Waals surface area contributed by atoms with Crippen molar-refractivity contribution in [2.75, 3.05) is 0 Å². The maximum Gasteiger partial charge on any atom is 0.303 e. The number of aliphatic carboxylic acids is 1. The molecule has 25 heavy (non-hydrogen) atoms. The van der Waals surface area contributed by atoms with Crippen molar-refractivity contribution in [2.24, 2.45) is 11.8 Å². The van der Waals surface area contributed by atoms with Gasteiger partial charge in [-0.05, 0) is 32.1 Å². The number of carbonyl (C=O) groups is 2. The molecular formula is C20H30O5. The van der Waals surface area contributed by atoms with Gasteiger partial charge < -0.3 is 15.3 Å². The van der Waals surface area contributed by atoms with Crippen molar-refractivity contribution < 1.29 is 24.9 Å². The number of allylic oxidation sites excluding steroid dienone is 4. The number of hydrogen-bond acceptors (Lipinski definition) is 4. The van der Waals surface area contributed by atoms with Crippen molar-refractivity contribution in [1.29, 1.82) is 0 Å². The van der Waals surface area contributed by atoms with E-state index in [0.29, 0.717) is 25.7 Å². The van der Waals surface area contributed by atoms with Crippen molar-refractivity contribution in [1.82, 2.24) is 0 Å². The van der Waals surface area contributed by atoms with Gasteiger partial charge in [-0.3, -0.25) is 9.59 Å². The Morgan fingerprint density at radius 2 is 2.04 bits per heavy atom.